The zero-order valence-electron chi connectivity index (χ0n) is 9.50. The smallest absolute Gasteiger partial charge is 0.242 e. The van der Waals surface area contributed by atoms with Crippen LogP contribution in [0, 0.1) is 0 Å². The van der Waals surface area contributed by atoms with Gasteiger partial charge in [0.05, 0.1) is 14.1 Å². The number of halogens is 2. The minimum absolute atomic E-state index is 0. The summed E-state index contributed by atoms with van der Waals surface area (Å²) in [5.41, 5.74) is 2.50. The maximum Gasteiger partial charge on any atom is 0.242 e. The molecule has 1 heterocycles. The van der Waals surface area contributed by atoms with Gasteiger partial charge in [-0.15, -0.1) is 0 Å². The van der Waals surface area contributed by atoms with Gasteiger partial charge in [-0.2, -0.15) is 0 Å². The highest BCUT2D eigenvalue weighted by molar-refractivity contribution is 5.70. The molecular weight excluding hydrogens is 245 g/mol. The standard InChI is InChI=1S/C11H15N3.2ClH/c1-13(2)7-8-14-9-12-10-5-3-4-6-11(10)14;;/h3-6,9H,7-8H2,1-2H3;2*1H. The largest absolute Gasteiger partial charge is 1.00 e. The Bertz CT molecular complexity index is 426. The fourth-order valence-electron chi connectivity index (χ4n) is 1.59. The summed E-state index contributed by atoms with van der Waals surface area (Å²) in [5, 5.41) is 0. The molecule has 0 saturated heterocycles. The zero-order chi connectivity index (χ0) is 9.97. The molecule has 16 heavy (non-hydrogen) atoms. The van der Waals surface area contributed by atoms with Gasteiger partial charge in [0, 0.05) is 0 Å². The van der Waals surface area contributed by atoms with Crippen LogP contribution in [0.1, 0.15) is 0 Å². The van der Waals surface area contributed by atoms with E-state index in [1.165, 1.54) is 15.9 Å². The Morgan fingerprint density at radius 2 is 1.88 bits per heavy atom. The van der Waals surface area contributed by atoms with Crippen LogP contribution < -0.4 is 34.3 Å². The predicted octanol–water partition coefficient (Wildman–Crippen LogP) is -6.39. The van der Waals surface area contributed by atoms with Crippen LogP contribution in [0.15, 0.2) is 30.6 Å². The van der Waals surface area contributed by atoms with Crippen LogP contribution in [0.25, 0.3) is 11.0 Å². The second-order valence-electron chi connectivity index (χ2n) is 3.94. The minimum Gasteiger partial charge on any atom is -1.00 e. The molecule has 5 heteroatoms. The Labute approximate surface area is 108 Å². The van der Waals surface area contributed by atoms with Crippen LogP contribution >= 0.6 is 0 Å². The Kier molecular flexibility index (Phi) is 6.41. The number of benzene rings is 1. The van der Waals surface area contributed by atoms with E-state index < -0.39 is 0 Å². The van der Waals surface area contributed by atoms with Crippen LogP contribution in [0.2, 0.25) is 0 Å². The molecule has 0 spiro atoms. The molecule has 0 amide bonds. The van der Waals surface area contributed by atoms with Gasteiger partial charge in [-0.25, -0.2) is 9.55 Å². The molecule has 1 aromatic heterocycles. The molecule has 3 nitrogen and oxygen atoms in total. The zero-order valence-corrected chi connectivity index (χ0v) is 11.0. The Morgan fingerprint density at radius 3 is 2.56 bits per heavy atom. The molecule has 0 fully saturated rings. The number of nitrogens with one attached hydrogen (secondary N) is 2. The molecule has 90 valence electrons. The molecule has 2 rings (SSSR count). The number of nitrogens with zero attached hydrogens (tertiary/aromatic N) is 1. The van der Waals surface area contributed by atoms with E-state index >= 15 is 0 Å². The van der Waals surface area contributed by atoms with E-state index in [-0.39, 0.29) is 24.8 Å². The molecule has 0 saturated carbocycles. The summed E-state index contributed by atoms with van der Waals surface area (Å²) in [5.74, 6) is 0. The highest BCUT2D eigenvalue weighted by Gasteiger charge is 2.08. The maximum atomic E-state index is 3.27. The number of hydrogen-bond acceptors (Lipinski definition) is 0. The third-order valence-corrected chi connectivity index (χ3v) is 2.44. The maximum absolute atomic E-state index is 3.27. The number of rotatable bonds is 3. The summed E-state index contributed by atoms with van der Waals surface area (Å²) in [7, 11) is 4.35. The number of H-pyrrole nitrogens is 1. The first kappa shape index (κ1) is 15.2. The number of fused-ring (bicyclic) bond motifs is 1. The summed E-state index contributed by atoms with van der Waals surface area (Å²) >= 11 is 0. The van der Waals surface area contributed by atoms with Crippen LogP contribution in [-0.2, 0) is 6.54 Å². The van der Waals surface area contributed by atoms with Crippen molar-refractivity contribution in [3.63, 3.8) is 0 Å². The van der Waals surface area contributed by atoms with Crippen LogP contribution in [0.3, 0.4) is 0 Å². The van der Waals surface area contributed by atoms with Crippen molar-refractivity contribution < 1.29 is 34.3 Å². The van der Waals surface area contributed by atoms with E-state index in [0.717, 1.165) is 13.1 Å². The molecular formula is C11H17Cl2N3. The number of hydrogen-bond donors (Lipinski definition) is 2. The third kappa shape index (κ3) is 3.37. The quantitative estimate of drug-likeness (QED) is 0.514. The number of imidazole rings is 1. The number of quaternary nitrogens is 1. The van der Waals surface area contributed by atoms with Crippen LogP contribution in [0.5, 0.6) is 0 Å². The molecule has 0 unspecified atom stereocenters. The van der Waals surface area contributed by atoms with E-state index in [0.29, 0.717) is 0 Å². The summed E-state index contributed by atoms with van der Waals surface area (Å²) in [6.07, 6.45) is 2.05. The van der Waals surface area contributed by atoms with E-state index in [1.807, 2.05) is 6.33 Å². The lowest BCUT2D eigenvalue weighted by molar-refractivity contribution is -0.880. The van der Waals surface area contributed by atoms with Gasteiger partial charge in [0.15, 0.2) is 11.0 Å². The Morgan fingerprint density at radius 1 is 1.19 bits per heavy atom. The lowest BCUT2D eigenvalue weighted by atomic mass is 10.3. The van der Waals surface area contributed by atoms with E-state index in [4.69, 9.17) is 0 Å². The molecule has 0 aliphatic rings. The highest BCUT2D eigenvalue weighted by atomic mass is 35.5. The van der Waals surface area contributed by atoms with Gasteiger partial charge < -0.3 is 29.7 Å². The van der Waals surface area contributed by atoms with Crippen molar-refractivity contribution in [2.45, 2.75) is 6.54 Å². The van der Waals surface area contributed by atoms with Gasteiger partial charge in [0.1, 0.15) is 13.1 Å². The average Bonchev–Trinajstić information content (AvgIpc) is 2.58. The average molecular weight is 262 g/mol. The fourth-order valence-corrected chi connectivity index (χ4v) is 1.59. The van der Waals surface area contributed by atoms with Gasteiger partial charge in [-0.1, -0.05) is 12.1 Å². The molecule has 0 aliphatic heterocycles. The number of para-hydroxylation sites is 2. The molecule has 1 aromatic carbocycles. The topological polar surface area (TPSA) is 24.1 Å². The van der Waals surface area contributed by atoms with Gasteiger partial charge in [-0.05, 0) is 12.1 Å². The molecule has 0 radical (unpaired) electrons. The lowest BCUT2D eigenvalue weighted by Crippen LogP contribution is -3.06. The van der Waals surface area contributed by atoms with Crippen molar-refractivity contribution in [3.8, 4) is 0 Å². The van der Waals surface area contributed by atoms with Crippen molar-refractivity contribution in [1.82, 2.24) is 4.98 Å². The Hall–Kier alpha value is -0.770. The van der Waals surface area contributed by atoms with Crippen molar-refractivity contribution in [1.29, 1.82) is 0 Å². The van der Waals surface area contributed by atoms with Gasteiger partial charge in [-0.3, -0.25) is 0 Å². The summed E-state index contributed by atoms with van der Waals surface area (Å²) in [4.78, 5) is 4.74. The second kappa shape index (κ2) is 6.74. The summed E-state index contributed by atoms with van der Waals surface area (Å²) in [6.45, 7) is 2.21. The van der Waals surface area contributed by atoms with Gasteiger partial charge in [0.2, 0.25) is 6.33 Å². The number of aromatic amines is 1. The van der Waals surface area contributed by atoms with Gasteiger partial charge in [0.25, 0.3) is 0 Å². The van der Waals surface area contributed by atoms with Crippen molar-refractivity contribution in [3.05, 3.63) is 30.6 Å². The number of aromatic nitrogens is 2. The van der Waals surface area contributed by atoms with Gasteiger partial charge >= 0.3 is 0 Å². The fraction of sp³-hybridized carbons (Fsp3) is 0.364. The molecule has 0 aliphatic carbocycles. The Balaban J connectivity index is 0.00000112. The summed E-state index contributed by atoms with van der Waals surface area (Å²) < 4.78 is 2.27. The highest BCUT2D eigenvalue weighted by Crippen LogP contribution is 2.04. The van der Waals surface area contributed by atoms with Crippen LogP contribution in [0.4, 0.5) is 0 Å². The van der Waals surface area contributed by atoms with Crippen molar-refractivity contribution in [2.24, 2.45) is 0 Å². The molecule has 0 atom stereocenters. The second-order valence-corrected chi connectivity index (χ2v) is 3.94. The molecule has 0 bridgehead atoms. The third-order valence-electron chi connectivity index (χ3n) is 2.44. The minimum atomic E-state index is 0. The van der Waals surface area contributed by atoms with E-state index in [1.54, 1.807) is 0 Å². The van der Waals surface area contributed by atoms with E-state index in [2.05, 4.69) is 47.9 Å². The monoisotopic (exact) mass is 261 g/mol. The van der Waals surface area contributed by atoms with Crippen LogP contribution in [-0.4, -0.2) is 25.6 Å². The predicted molar refractivity (Wildman–Crippen MR) is 56.2 cm³/mol. The SMILES string of the molecule is C[NH+](C)CC[n+]1c[nH]c2ccccc21.[Cl-].[Cl-]. The number of likely N-dealkylation sites (N-methyl/N-ethyl adjacent to an activating group) is 1. The first-order chi connectivity index (χ1) is 6.77. The first-order valence-corrected chi connectivity index (χ1v) is 5.02. The van der Waals surface area contributed by atoms with Crippen molar-refractivity contribution >= 4 is 11.0 Å². The van der Waals surface area contributed by atoms with Crippen molar-refractivity contribution in [2.75, 3.05) is 20.6 Å². The molecule has 2 N–H and O–H groups in total. The normalized spacial score (nSPS) is 9.94. The van der Waals surface area contributed by atoms with E-state index in [9.17, 15) is 0 Å². The first-order valence-electron chi connectivity index (χ1n) is 5.02. The summed E-state index contributed by atoms with van der Waals surface area (Å²) in [6, 6.07) is 8.39. The molecule has 2 aromatic rings. The lowest BCUT2D eigenvalue weighted by Gasteiger charge is -2.04.